The summed E-state index contributed by atoms with van der Waals surface area (Å²) in [5, 5.41) is 4.81. The molecule has 0 atom stereocenters. The van der Waals surface area contributed by atoms with E-state index < -0.39 is 0 Å². The molecular formula is C19H21NOS. The van der Waals surface area contributed by atoms with Crippen molar-refractivity contribution in [1.82, 2.24) is 0 Å². The van der Waals surface area contributed by atoms with E-state index in [1.807, 2.05) is 54.8 Å². The SMILES string of the molecule is C/C(=C\Sc1ccccc1)C(=O)Nc1ccc(C(C)C)cc1. The third kappa shape index (κ3) is 4.78. The van der Waals surface area contributed by atoms with Crippen molar-refractivity contribution in [1.29, 1.82) is 0 Å². The Hall–Kier alpha value is -2.00. The smallest absolute Gasteiger partial charge is 0.251 e. The van der Waals surface area contributed by atoms with Gasteiger partial charge in [-0.05, 0) is 48.1 Å². The lowest BCUT2D eigenvalue weighted by Gasteiger charge is -2.08. The number of hydrogen-bond donors (Lipinski definition) is 1. The molecule has 1 N–H and O–H groups in total. The van der Waals surface area contributed by atoms with Gasteiger partial charge in [-0.1, -0.05) is 55.9 Å². The van der Waals surface area contributed by atoms with Crippen LogP contribution in [-0.2, 0) is 4.79 Å². The van der Waals surface area contributed by atoms with Crippen molar-refractivity contribution in [2.45, 2.75) is 31.6 Å². The van der Waals surface area contributed by atoms with E-state index in [1.54, 1.807) is 11.8 Å². The Morgan fingerprint density at radius 2 is 1.68 bits per heavy atom. The molecule has 0 aromatic heterocycles. The zero-order valence-corrected chi connectivity index (χ0v) is 14.0. The van der Waals surface area contributed by atoms with Crippen molar-refractivity contribution in [2.75, 3.05) is 5.32 Å². The maximum Gasteiger partial charge on any atom is 0.251 e. The second-order valence-corrected chi connectivity index (χ2v) is 6.41. The second kappa shape index (κ2) is 7.85. The van der Waals surface area contributed by atoms with E-state index in [4.69, 9.17) is 0 Å². The van der Waals surface area contributed by atoms with Crippen LogP contribution in [0.2, 0.25) is 0 Å². The van der Waals surface area contributed by atoms with Gasteiger partial charge in [0.25, 0.3) is 5.91 Å². The van der Waals surface area contributed by atoms with Crippen LogP contribution in [0.25, 0.3) is 0 Å². The molecular weight excluding hydrogens is 290 g/mol. The highest BCUT2D eigenvalue weighted by molar-refractivity contribution is 8.02. The summed E-state index contributed by atoms with van der Waals surface area (Å²) in [6.45, 7) is 6.14. The Morgan fingerprint density at radius 1 is 1.05 bits per heavy atom. The summed E-state index contributed by atoms with van der Waals surface area (Å²) in [7, 11) is 0. The largest absolute Gasteiger partial charge is 0.322 e. The van der Waals surface area contributed by atoms with Crippen molar-refractivity contribution >= 4 is 23.4 Å². The normalized spacial score (nSPS) is 11.5. The first-order valence-corrected chi connectivity index (χ1v) is 8.24. The monoisotopic (exact) mass is 311 g/mol. The molecule has 1 amide bonds. The highest BCUT2D eigenvalue weighted by Crippen LogP contribution is 2.21. The third-order valence-corrected chi connectivity index (χ3v) is 4.32. The van der Waals surface area contributed by atoms with Crippen LogP contribution in [0.15, 0.2) is 70.5 Å². The number of carbonyl (C=O) groups is 1. The van der Waals surface area contributed by atoms with Crippen LogP contribution in [0, 0.1) is 0 Å². The number of rotatable bonds is 5. The van der Waals surface area contributed by atoms with E-state index in [9.17, 15) is 4.79 Å². The molecule has 0 radical (unpaired) electrons. The zero-order chi connectivity index (χ0) is 15.9. The second-order valence-electron chi connectivity index (χ2n) is 5.46. The number of thioether (sulfide) groups is 1. The van der Waals surface area contributed by atoms with E-state index in [0.29, 0.717) is 11.5 Å². The van der Waals surface area contributed by atoms with E-state index in [-0.39, 0.29) is 5.91 Å². The minimum Gasteiger partial charge on any atom is -0.322 e. The predicted octanol–water partition coefficient (Wildman–Crippen LogP) is 5.44. The molecule has 0 aliphatic rings. The van der Waals surface area contributed by atoms with Gasteiger partial charge in [0, 0.05) is 16.2 Å². The van der Waals surface area contributed by atoms with Gasteiger partial charge >= 0.3 is 0 Å². The summed E-state index contributed by atoms with van der Waals surface area (Å²) in [6, 6.07) is 18.0. The summed E-state index contributed by atoms with van der Waals surface area (Å²) in [6.07, 6.45) is 0. The summed E-state index contributed by atoms with van der Waals surface area (Å²) in [5.74, 6) is 0.425. The molecule has 0 saturated carbocycles. The number of carbonyl (C=O) groups excluding carboxylic acids is 1. The molecule has 2 rings (SSSR count). The van der Waals surface area contributed by atoms with Gasteiger partial charge in [0.05, 0.1) is 0 Å². The van der Waals surface area contributed by atoms with Crippen LogP contribution < -0.4 is 5.32 Å². The van der Waals surface area contributed by atoms with Crippen LogP contribution in [0.3, 0.4) is 0 Å². The van der Waals surface area contributed by atoms with E-state index in [0.717, 1.165) is 10.6 Å². The van der Waals surface area contributed by atoms with Gasteiger partial charge < -0.3 is 5.32 Å². The van der Waals surface area contributed by atoms with E-state index >= 15 is 0 Å². The van der Waals surface area contributed by atoms with Gasteiger partial charge in [0.1, 0.15) is 0 Å². The van der Waals surface area contributed by atoms with Gasteiger partial charge in [-0.25, -0.2) is 0 Å². The molecule has 2 aromatic rings. The lowest BCUT2D eigenvalue weighted by molar-refractivity contribution is -0.112. The molecule has 22 heavy (non-hydrogen) atoms. The number of anilines is 1. The van der Waals surface area contributed by atoms with Crippen LogP contribution >= 0.6 is 11.8 Å². The van der Waals surface area contributed by atoms with Gasteiger partial charge in [-0.2, -0.15) is 0 Å². The fourth-order valence-electron chi connectivity index (χ4n) is 1.89. The topological polar surface area (TPSA) is 29.1 Å². The number of nitrogens with one attached hydrogen (secondary N) is 1. The molecule has 0 saturated heterocycles. The van der Waals surface area contributed by atoms with Crippen molar-refractivity contribution in [2.24, 2.45) is 0 Å². The predicted molar refractivity (Wildman–Crippen MR) is 95.2 cm³/mol. The summed E-state index contributed by atoms with van der Waals surface area (Å²) in [4.78, 5) is 13.3. The molecule has 0 aliphatic heterocycles. The van der Waals surface area contributed by atoms with Gasteiger partial charge in [0.15, 0.2) is 0 Å². The summed E-state index contributed by atoms with van der Waals surface area (Å²) < 4.78 is 0. The standard InChI is InChI=1S/C19H21NOS/c1-14(2)16-9-11-17(12-10-16)20-19(21)15(3)13-22-18-7-5-4-6-8-18/h4-14H,1-3H3,(H,20,21)/b15-13+. The van der Waals surface area contributed by atoms with Crippen molar-refractivity contribution in [3.8, 4) is 0 Å². The first kappa shape index (κ1) is 16.4. The maximum atomic E-state index is 12.2. The highest BCUT2D eigenvalue weighted by atomic mass is 32.2. The van der Waals surface area contributed by atoms with Gasteiger partial charge in [-0.3, -0.25) is 4.79 Å². The Labute approximate surface area is 136 Å². The molecule has 0 spiro atoms. The first-order valence-electron chi connectivity index (χ1n) is 7.36. The van der Waals surface area contributed by atoms with Gasteiger partial charge in [-0.15, -0.1) is 0 Å². The quantitative estimate of drug-likeness (QED) is 0.588. The molecule has 0 aliphatic carbocycles. The lowest BCUT2D eigenvalue weighted by Crippen LogP contribution is -2.12. The molecule has 3 heteroatoms. The number of amides is 1. The number of hydrogen-bond acceptors (Lipinski definition) is 2. The molecule has 2 aromatic carbocycles. The molecule has 2 nitrogen and oxygen atoms in total. The minimum absolute atomic E-state index is 0.0688. The Kier molecular flexibility index (Phi) is 5.84. The summed E-state index contributed by atoms with van der Waals surface area (Å²) in [5.41, 5.74) is 2.79. The molecule has 0 unspecified atom stereocenters. The van der Waals surface area contributed by atoms with Crippen molar-refractivity contribution in [3.63, 3.8) is 0 Å². The van der Waals surface area contributed by atoms with Crippen LogP contribution in [0.4, 0.5) is 5.69 Å². The van der Waals surface area contributed by atoms with Crippen molar-refractivity contribution < 1.29 is 4.79 Å². The van der Waals surface area contributed by atoms with Crippen LogP contribution in [0.5, 0.6) is 0 Å². The molecule has 0 fully saturated rings. The van der Waals surface area contributed by atoms with Crippen LogP contribution in [-0.4, -0.2) is 5.91 Å². The third-order valence-electron chi connectivity index (χ3n) is 3.31. The van der Waals surface area contributed by atoms with Crippen molar-refractivity contribution in [3.05, 3.63) is 71.1 Å². The maximum absolute atomic E-state index is 12.2. The average molecular weight is 311 g/mol. The molecule has 0 heterocycles. The molecule has 0 bridgehead atoms. The molecule has 114 valence electrons. The van der Waals surface area contributed by atoms with Crippen LogP contribution in [0.1, 0.15) is 32.3 Å². The van der Waals surface area contributed by atoms with E-state index in [1.165, 1.54) is 5.56 Å². The Morgan fingerprint density at radius 3 is 2.27 bits per heavy atom. The minimum atomic E-state index is -0.0688. The van der Waals surface area contributed by atoms with E-state index in [2.05, 4.69) is 31.3 Å². The number of benzene rings is 2. The lowest BCUT2D eigenvalue weighted by atomic mass is 10.0. The fraction of sp³-hybridized carbons (Fsp3) is 0.211. The fourth-order valence-corrected chi connectivity index (χ4v) is 2.62. The Balaban J connectivity index is 1.96. The van der Waals surface area contributed by atoms with Gasteiger partial charge in [0.2, 0.25) is 0 Å². The Bertz CT molecular complexity index is 645. The highest BCUT2D eigenvalue weighted by Gasteiger charge is 2.05. The first-order chi connectivity index (χ1) is 10.6. The zero-order valence-electron chi connectivity index (χ0n) is 13.2. The average Bonchev–Trinajstić information content (AvgIpc) is 2.54. The summed E-state index contributed by atoms with van der Waals surface area (Å²) >= 11 is 1.55.